The summed E-state index contributed by atoms with van der Waals surface area (Å²) in [6.45, 7) is 3.09. The highest BCUT2D eigenvalue weighted by Gasteiger charge is 2.32. The van der Waals surface area contributed by atoms with E-state index in [4.69, 9.17) is 9.26 Å². The second-order valence-corrected chi connectivity index (χ2v) is 6.55. The highest BCUT2D eigenvalue weighted by Crippen LogP contribution is 2.36. The lowest BCUT2D eigenvalue weighted by molar-refractivity contribution is 0.0915. The summed E-state index contributed by atoms with van der Waals surface area (Å²) in [5.41, 5.74) is 1.62. The molecular formula is C17H21N3O3. The van der Waals surface area contributed by atoms with Crippen LogP contribution in [0, 0.1) is 12.8 Å². The van der Waals surface area contributed by atoms with Gasteiger partial charge in [-0.05, 0) is 31.9 Å². The van der Waals surface area contributed by atoms with Crippen LogP contribution in [-0.2, 0) is 11.2 Å². The zero-order valence-corrected chi connectivity index (χ0v) is 13.2. The van der Waals surface area contributed by atoms with E-state index in [1.54, 1.807) is 0 Å². The van der Waals surface area contributed by atoms with Crippen LogP contribution in [0.25, 0.3) is 0 Å². The molecule has 1 aliphatic heterocycles. The Morgan fingerprint density at radius 3 is 3.04 bits per heavy atom. The maximum absolute atomic E-state index is 12.6. The Bertz CT molecular complexity index is 702. The molecule has 2 aliphatic rings. The van der Waals surface area contributed by atoms with Gasteiger partial charge in [-0.1, -0.05) is 5.16 Å². The van der Waals surface area contributed by atoms with Crippen LogP contribution in [0.3, 0.4) is 0 Å². The molecule has 4 rings (SSSR count). The standard InChI is InChI=1S/C17H21N3O3/c1-11-7-14(23-19-11)8-12-9-22-10-15(12)18-17(21)16-3-2-6-20(16)13-4-5-13/h2-3,6-7,12-13,15H,4-5,8-10H2,1H3,(H,18,21). The predicted octanol–water partition coefficient (Wildman–Crippen LogP) is 2.11. The third-order valence-corrected chi connectivity index (χ3v) is 4.61. The molecule has 0 aromatic carbocycles. The molecule has 0 spiro atoms. The van der Waals surface area contributed by atoms with Crippen molar-refractivity contribution in [3.05, 3.63) is 41.5 Å². The van der Waals surface area contributed by atoms with E-state index >= 15 is 0 Å². The number of carbonyl (C=O) groups excluding carboxylic acids is 1. The average Bonchev–Trinajstić information content (AvgIpc) is 2.93. The van der Waals surface area contributed by atoms with Gasteiger partial charge < -0.3 is 19.1 Å². The lowest BCUT2D eigenvalue weighted by Crippen LogP contribution is -2.41. The molecule has 1 saturated heterocycles. The van der Waals surface area contributed by atoms with E-state index < -0.39 is 0 Å². The molecule has 2 fully saturated rings. The van der Waals surface area contributed by atoms with Crippen molar-refractivity contribution < 1.29 is 14.1 Å². The quantitative estimate of drug-likeness (QED) is 0.917. The number of carbonyl (C=O) groups is 1. The smallest absolute Gasteiger partial charge is 0.268 e. The summed E-state index contributed by atoms with van der Waals surface area (Å²) in [4.78, 5) is 12.6. The van der Waals surface area contributed by atoms with Crippen LogP contribution in [-0.4, -0.2) is 34.9 Å². The van der Waals surface area contributed by atoms with Crippen LogP contribution in [0.1, 0.15) is 40.8 Å². The Hall–Kier alpha value is -2.08. The SMILES string of the molecule is Cc1cc(CC2COCC2NC(=O)c2cccn2C2CC2)on1. The van der Waals surface area contributed by atoms with Gasteiger partial charge in [0.15, 0.2) is 0 Å². The Morgan fingerprint density at radius 2 is 2.30 bits per heavy atom. The van der Waals surface area contributed by atoms with Gasteiger partial charge in [0.1, 0.15) is 11.5 Å². The number of hydrogen-bond acceptors (Lipinski definition) is 4. The largest absolute Gasteiger partial charge is 0.379 e. The molecular weight excluding hydrogens is 294 g/mol. The monoisotopic (exact) mass is 315 g/mol. The van der Waals surface area contributed by atoms with Crippen LogP contribution in [0.4, 0.5) is 0 Å². The molecule has 3 heterocycles. The van der Waals surface area contributed by atoms with Crippen molar-refractivity contribution in [2.75, 3.05) is 13.2 Å². The maximum Gasteiger partial charge on any atom is 0.268 e. The van der Waals surface area contributed by atoms with Gasteiger partial charge in [-0.2, -0.15) is 0 Å². The van der Waals surface area contributed by atoms with E-state index in [0.717, 1.165) is 36.4 Å². The molecule has 1 amide bonds. The molecule has 1 N–H and O–H groups in total. The van der Waals surface area contributed by atoms with E-state index in [2.05, 4.69) is 15.0 Å². The highest BCUT2D eigenvalue weighted by molar-refractivity contribution is 5.93. The lowest BCUT2D eigenvalue weighted by atomic mass is 9.98. The number of hydrogen-bond donors (Lipinski definition) is 1. The van der Waals surface area contributed by atoms with E-state index in [1.807, 2.05) is 31.3 Å². The van der Waals surface area contributed by atoms with E-state index in [0.29, 0.717) is 19.3 Å². The number of nitrogens with zero attached hydrogens (tertiary/aromatic N) is 2. The predicted molar refractivity (Wildman–Crippen MR) is 83.2 cm³/mol. The summed E-state index contributed by atoms with van der Waals surface area (Å²) < 4.78 is 12.9. The first-order chi connectivity index (χ1) is 11.2. The zero-order valence-electron chi connectivity index (χ0n) is 13.2. The van der Waals surface area contributed by atoms with Crippen molar-refractivity contribution in [1.29, 1.82) is 0 Å². The molecule has 2 unspecified atom stereocenters. The lowest BCUT2D eigenvalue weighted by Gasteiger charge is -2.18. The Balaban J connectivity index is 1.42. The van der Waals surface area contributed by atoms with Gasteiger partial charge in [0, 0.05) is 30.6 Å². The minimum Gasteiger partial charge on any atom is -0.379 e. The Kier molecular flexibility index (Phi) is 3.69. The van der Waals surface area contributed by atoms with Gasteiger partial charge in [0.2, 0.25) is 0 Å². The summed E-state index contributed by atoms with van der Waals surface area (Å²) in [5.74, 6) is 1.05. The minimum atomic E-state index is -0.0175. The molecule has 6 nitrogen and oxygen atoms in total. The molecule has 23 heavy (non-hydrogen) atoms. The van der Waals surface area contributed by atoms with Gasteiger partial charge in [-0.15, -0.1) is 0 Å². The van der Waals surface area contributed by atoms with E-state index in [-0.39, 0.29) is 17.9 Å². The molecule has 6 heteroatoms. The third-order valence-electron chi connectivity index (χ3n) is 4.61. The Morgan fingerprint density at radius 1 is 1.43 bits per heavy atom. The number of ether oxygens (including phenoxy) is 1. The van der Waals surface area contributed by atoms with Gasteiger partial charge in [-0.25, -0.2) is 0 Å². The molecule has 1 aliphatic carbocycles. The second-order valence-electron chi connectivity index (χ2n) is 6.55. The normalized spacial score (nSPS) is 24.0. The molecule has 2 atom stereocenters. The van der Waals surface area contributed by atoms with Crippen molar-refractivity contribution in [3.63, 3.8) is 0 Å². The van der Waals surface area contributed by atoms with Crippen molar-refractivity contribution in [2.45, 2.75) is 38.3 Å². The summed E-state index contributed by atoms with van der Waals surface area (Å²) in [7, 11) is 0. The molecule has 122 valence electrons. The van der Waals surface area contributed by atoms with Gasteiger partial charge in [-0.3, -0.25) is 4.79 Å². The van der Waals surface area contributed by atoms with Gasteiger partial charge in [0.05, 0.1) is 24.9 Å². The van der Waals surface area contributed by atoms with Gasteiger partial charge >= 0.3 is 0 Å². The topological polar surface area (TPSA) is 69.3 Å². The molecule has 2 aromatic rings. The average molecular weight is 315 g/mol. The number of rotatable bonds is 5. The molecule has 2 aromatic heterocycles. The first kappa shape index (κ1) is 14.5. The first-order valence-electron chi connectivity index (χ1n) is 8.18. The van der Waals surface area contributed by atoms with E-state index in [9.17, 15) is 4.79 Å². The molecule has 0 radical (unpaired) electrons. The van der Waals surface area contributed by atoms with Crippen LogP contribution in [0.15, 0.2) is 28.9 Å². The van der Waals surface area contributed by atoms with Crippen LogP contribution < -0.4 is 5.32 Å². The minimum absolute atomic E-state index is 0.00968. The highest BCUT2D eigenvalue weighted by atomic mass is 16.5. The van der Waals surface area contributed by atoms with Crippen LogP contribution in [0.5, 0.6) is 0 Å². The number of aryl methyl sites for hydroxylation is 1. The van der Waals surface area contributed by atoms with Crippen molar-refractivity contribution in [2.24, 2.45) is 5.92 Å². The summed E-state index contributed by atoms with van der Waals surface area (Å²) in [6.07, 6.45) is 5.05. The molecule has 1 saturated carbocycles. The molecule has 0 bridgehead atoms. The third kappa shape index (κ3) is 3.03. The summed E-state index contributed by atoms with van der Waals surface area (Å²) >= 11 is 0. The number of amides is 1. The summed E-state index contributed by atoms with van der Waals surface area (Å²) in [5, 5.41) is 7.05. The first-order valence-corrected chi connectivity index (χ1v) is 8.18. The second kappa shape index (κ2) is 5.85. The van der Waals surface area contributed by atoms with Crippen LogP contribution >= 0.6 is 0 Å². The number of aromatic nitrogens is 2. The zero-order chi connectivity index (χ0) is 15.8. The fraction of sp³-hybridized carbons (Fsp3) is 0.529. The van der Waals surface area contributed by atoms with Crippen molar-refractivity contribution in [3.8, 4) is 0 Å². The fourth-order valence-corrected chi connectivity index (χ4v) is 3.23. The van der Waals surface area contributed by atoms with Crippen molar-refractivity contribution >= 4 is 5.91 Å². The fourth-order valence-electron chi connectivity index (χ4n) is 3.23. The maximum atomic E-state index is 12.6. The number of nitrogens with one attached hydrogen (secondary N) is 1. The van der Waals surface area contributed by atoms with Crippen molar-refractivity contribution in [1.82, 2.24) is 15.0 Å². The van der Waals surface area contributed by atoms with Gasteiger partial charge in [0.25, 0.3) is 5.91 Å². The van der Waals surface area contributed by atoms with E-state index in [1.165, 1.54) is 0 Å². The van der Waals surface area contributed by atoms with Crippen LogP contribution in [0.2, 0.25) is 0 Å². The Labute approximate surface area is 134 Å². The summed E-state index contributed by atoms with van der Waals surface area (Å²) in [6, 6.07) is 6.27.